The van der Waals surface area contributed by atoms with Crippen LogP contribution in [-0.2, 0) is 9.47 Å². The summed E-state index contributed by atoms with van der Waals surface area (Å²) in [5, 5.41) is 7.35. The third kappa shape index (κ3) is 3.15. The minimum absolute atomic E-state index is 0.614. The molecule has 0 saturated heterocycles. The Balaban J connectivity index is 1.80. The quantitative estimate of drug-likeness (QED) is 0.721. The monoisotopic (exact) mass is 236 g/mol. The molecule has 0 aliphatic rings. The SMILES string of the molecule is COCCOCCNc1nccn2nccc12. The number of hydrogen-bond acceptors (Lipinski definition) is 5. The van der Waals surface area contributed by atoms with Crippen molar-refractivity contribution in [1.29, 1.82) is 0 Å². The van der Waals surface area contributed by atoms with Gasteiger partial charge in [-0.15, -0.1) is 0 Å². The molecule has 0 aromatic carbocycles. The first kappa shape index (κ1) is 11.8. The molecule has 6 heteroatoms. The molecule has 2 aromatic rings. The molecule has 0 fully saturated rings. The summed E-state index contributed by atoms with van der Waals surface area (Å²) in [5.74, 6) is 0.820. The first-order valence-corrected chi connectivity index (χ1v) is 5.50. The molecule has 1 N–H and O–H groups in total. The van der Waals surface area contributed by atoms with Crippen LogP contribution in [0.2, 0.25) is 0 Å². The fourth-order valence-electron chi connectivity index (χ4n) is 1.48. The van der Waals surface area contributed by atoms with Gasteiger partial charge in [-0.05, 0) is 6.07 Å². The van der Waals surface area contributed by atoms with Gasteiger partial charge in [0.25, 0.3) is 0 Å². The second kappa shape index (κ2) is 6.17. The van der Waals surface area contributed by atoms with Crippen LogP contribution in [0.5, 0.6) is 0 Å². The summed E-state index contributed by atoms with van der Waals surface area (Å²) in [6, 6.07) is 1.92. The molecule has 2 heterocycles. The predicted molar refractivity (Wildman–Crippen MR) is 64.2 cm³/mol. The van der Waals surface area contributed by atoms with E-state index in [1.54, 1.807) is 24.0 Å². The minimum atomic E-state index is 0.614. The summed E-state index contributed by atoms with van der Waals surface area (Å²) in [5.41, 5.74) is 0.962. The van der Waals surface area contributed by atoms with Crippen LogP contribution in [-0.4, -0.2) is 48.1 Å². The number of fused-ring (bicyclic) bond motifs is 1. The van der Waals surface area contributed by atoms with Crippen molar-refractivity contribution in [3.8, 4) is 0 Å². The third-order valence-corrected chi connectivity index (χ3v) is 2.30. The molecule has 0 atom stereocenters. The van der Waals surface area contributed by atoms with E-state index in [1.165, 1.54) is 0 Å². The van der Waals surface area contributed by atoms with E-state index in [0.717, 1.165) is 11.3 Å². The van der Waals surface area contributed by atoms with Crippen LogP contribution < -0.4 is 5.32 Å². The molecule has 0 amide bonds. The fourth-order valence-corrected chi connectivity index (χ4v) is 1.48. The second-order valence-corrected chi connectivity index (χ2v) is 3.47. The topological polar surface area (TPSA) is 60.7 Å². The Hall–Kier alpha value is -1.66. The highest BCUT2D eigenvalue weighted by atomic mass is 16.5. The zero-order valence-electron chi connectivity index (χ0n) is 9.80. The zero-order valence-corrected chi connectivity index (χ0v) is 9.80. The maximum Gasteiger partial charge on any atom is 0.152 e. The standard InChI is InChI=1S/C11H16N4O2/c1-16-8-9-17-7-5-13-11-10-2-3-14-15(10)6-4-12-11/h2-4,6H,5,7-9H2,1H3,(H,12,13). The molecule has 0 aliphatic heterocycles. The number of hydrogen-bond donors (Lipinski definition) is 1. The van der Waals surface area contributed by atoms with Gasteiger partial charge in [-0.3, -0.25) is 0 Å². The van der Waals surface area contributed by atoms with Crippen molar-refractivity contribution in [2.45, 2.75) is 0 Å². The molecule has 0 spiro atoms. The van der Waals surface area contributed by atoms with Crippen LogP contribution in [0.25, 0.3) is 5.52 Å². The average molecular weight is 236 g/mol. The van der Waals surface area contributed by atoms with E-state index in [2.05, 4.69) is 15.4 Å². The molecule has 0 unspecified atom stereocenters. The maximum atomic E-state index is 5.35. The van der Waals surface area contributed by atoms with Crippen molar-refractivity contribution in [2.24, 2.45) is 0 Å². The van der Waals surface area contributed by atoms with Crippen LogP contribution in [0.1, 0.15) is 0 Å². The van der Waals surface area contributed by atoms with E-state index < -0.39 is 0 Å². The van der Waals surface area contributed by atoms with E-state index in [1.807, 2.05) is 12.3 Å². The van der Waals surface area contributed by atoms with Crippen molar-refractivity contribution in [3.05, 3.63) is 24.7 Å². The minimum Gasteiger partial charge on any atom is -0.382 e. The molecule has 17 heavy (non-hydrogen) atoms. The highest BCUT2D eigenvalue weighted by molar-refractivity contribution is 5.66. The summed E-state index contributed by atoms with van der Waals surface area (Å²) >= 11 is 0. The first-order valence-electron chi connectivity index (χ1n) is 5.50. The molecule has 0 saturated carbocycles. The van der Waals surface area contributed by atoms with Gasteiger partial charge in [0.2, 0.25) is 0 Å². The van der Waals surface area contributed by atoms with Gasteiger partial charge in [0.15, 0.2) is 5.82 Å². The lowest BCUT2D eigenvalue weighted by Crippen LogP contribution is -2.13. The van der Waals surface area contributed by atoms with Crippen molar-refractivity contribution >= 4 is 11.3 Å². The smallest absolute Gasteiger partial charge is 0.152 e. The number of nitrogens with one attached hydrogen (secondary N) is 1. The van der Waals surface area contributed by atoms with Crippen LogP contribution in [0.4, 0.5) is 5.82 Å². The van der Waals surface area contributed by atoms with Crippen LogP contribution >= 0.6 is 0 Å². The van der Waals surface area contributed by atoms with E-state index in [4.69, 9.17) is 9.47 Å². The Morgan fingerprint density at radius 2 is 2.24 bits per heavy atom. The lowest BCUT2D eigenvalue weighted by Gasteiger charge is -2.07. The number of ether oxygens (including phenoxy) is 2. The van der Waals surface area contributed by atoms with E-state index in [9.17, 15) is 0 Å². The summed E-state index contributed by atoms with van der Waals surface area (Å²) < 4.78 is 12.0. The molecule has 6 nitrogen and oxygen atoms in total. The highest BCUT2D eigenvalue weighted by Gasteiger charge is 2.01. The van der Waals surface area contributed by atoms with Crippen LogP contribution in [0.15, 0.2) is 24.7 Å². The number of aromatic nitrogens is 3. The Morgan fingerprint density at radius 1 is 1.29 bits per heavy atom. The Bertz CT molecular complexity index is 457. The van der Waals surface area contributed by atoms with Gasteiger partial charge in [-0.1, -0.05) is 0 Å². The van der Waals surface area contributed by atoms with E-state index >= 15 is 0 Å². The summed E-state index contributed by atoms with van der Waals surface area (Å²) in [4.78, 5) is 4.26. The van der Waals surface area contributed by atoms with Crippen LogP contribution in [0.3, 0.4) is 0 Å². The Labute approximate surface area is 99.6 Å². The van der Waals surface area contributed by atoms with Crippen molar-refractivity contribution in [2.75, 3.05) is 38.8 Å². The molecule has 2 rings (SSSR count). The van der Waals surface area contributed by atoms with Gasteiger partial charge >= 0.3 is 0 Å². The van der Waals surface area contributed by atoms with Crippen molar-refractivity contribution in [3.63, 3.8) is 0 Å². The molecule has 0 aliphatic carbocycles. The van der Waals surface area contributed by atoms with Gasteiger partial charge in [0.1, 0.15) is 5.52 Å². The number of nitrogens with zero attached hydrogens (tertiary/aromatic N) is 3. The van der Waals surface area contributed by atoms with Crippen LogP contribution in [0, 0.1) is 0 Å². The van der Waals surface area contributed by atoms with Gasteiger partial charge in [0.05, 0.1) is 26.0 Å². The van der Waals surface area contributed by atoms with Gasteiger partial charge in [-0.25, -0.2) is 9.50 Å². The largest absolute Gasteiger partial charge is 0.382 e. The van der Waals surface area contributed by atoms with Gasteiger partial charge in [-0.2, -0.15) is 5.10 Å². The Kier molecular flexibility index (Phi) is 4.29. The fraction of sp³-hybridized carbons (Fsp3) is 0.455. The molecule has 2 aromatic heterocycles. The van der Waals surface area contributed by atoms with E-state index in [-0.39, 0.29) is 0 Å². The average Bonchev–Trinajstić information content (AvgIpc) is 2.82. The molecule has 92 valence electrons. The molecule has 0 radical (unpaired) electrons. The lowest BCUT2D eigenvalue weighted by molar-refractivity contribution is 0.0759. The van der Waals surface area contributed by atoms with E-state index in [0.29, 0.717) is 26.4 Å². The number of anilines is 1. The zero-order chi connectivity index (χ0) is 11.9. The number of rotatable bonds is 7. The first-order chi connectivity index (χ1) is 8.42. The molecular formula is C11H16N4O2. The maximum absolute atomic E-state index is 5.35. The number of methoxy groups -OCH3 is 1. The van der Waals surface area contributed by atoms with Crippen molar-refractivity contribution in [1.82, 2.24) is 14.6 Å². The highest BCUT2D eigenvalue weighted by Crippen LogP contribution is 2.11. The summed E-state index contributed by atoms with van der Waals surface area (Å²) in [7, 11) is 1.66. The molecule has 0 bridgehead atoms. The summed E-state index contributed by atoms with van der Waals surface area (Å²) in [6.45, 7) is 2.57. The third-order valence-electron chi connectivity index (χ3n) is 2.30. The molecular weight excluding hydrogens is 220 g/mol. The lowest BCUT2D eigenvalue weighted by atomic mass is 10.4. The van der Waals surface area contributed by atoms with Crippen molar-refractivity contribution < 1.29 is 9.47 Å². The van der Waals surface area contributed by atoms with Gasteiger partial charge in [0, 0.05) is 26.0 Å². The van der Waals surface area contributed by atoms with Gasteiger partial charge < -0.3 is 14.8 Å². The Morgan fingerprint density at radius 3 is 3.12 bits per heavy atom. The normalized spacial score (nSPS) is 10.9. The predicted octanol–water partition coefficient (Wildman–Crippen LogP) is 0.804. The summed E-state index contributed by atoms with van der Waals surface area (Å²) in [6.07, 6.45) is 5.28. The second-order valence-electron chi connectivity index (χ2n) is 3.47.